The number of methoxy groups -OCH3 is 2. The molecule has 3 rings (SSSR count). The van der Waals surface area contributed by atoms with E-state index < -0.39 is 11.6 Å². The molecule has 0 amide bonds. The quantitative estimate of drug-likeness (QED) is 0.371. The molecule has 0 unspecified atom stereocenters. The third-order valence-electron chi connectivity index (χ3n) is 4.13. The number of benzene rings is 2. The van der Waals surface area contributed by atoms with E-state index in [-0.39, 0.29) is 5.75 Å². The standard InChI is InChI=1S/C10H11BrO2.C7H5BrO2.C5H12O2/c1-10(2)12-6-7-8(11)4-3-5-9(7)13-10;8-6-2-1-3-7(10)5(6)4-9;1-5(2,6-3)7-4/h3-5H,6H2,1-2H3;1-4,10H;1-4H3. The Balaban J connectivity index is 0.000000238. The van der Waals surface area contributed by atoms with E-state index in [0.29, 0.717) is 22.9 Å². The summed E-state index contributed by atoms with van der Waals surface area (Å²) in [5.41, 5.74) is 1.38. The lowest BCUT2D eigenvalue weighted by atomic mass is 10.2. The molecule has 2 aromatic rings. The van der Waals surface area contributed by atoms with Crippen LogP contribution in [0.5, 0.6) is 11.5 Å². The van der Waals surface area contributed by atoms with Crippen molar-refractivity contribution in [2.75, 3.05) is 14.2 Å². The molecule has 0 radical (unpaired) electrons. The maximum Gasteiger partial charge on any atom is 0.205 e. The van der Waals surface area contributed by atoms with Gasteiger partial charge in [-0.2, -0.15) is 0 Å². The summed E-state index contributed by atoms with van der Waals surface area (Å²) in [7, 11) is 3.23. The van der Waals surface area contributed by atoms with Crippen LogP contribution in [-0.2, 0) is 20.8 Å². The summed E-state index contributed by atoms with van der Waals surface area (Å²) in [5, 5.41) is 9.03. The van der Waals surface area contributed by atoms with Crippen LogP contribution in [0.2, 0.25) is 0 Å². The molecule has 1 heterocycles. The lowest BCUT2D eigenvalue weighted by molar-refractivity contribution is -0.180. The van der Waals surface area contributed by atoms with E-state index in [4.69, 9.17) is 24.1 Å². The molecule has 0 saturated carbocycles. The smallest absolute Gasteiger partial charge is 0.205 e. The summed E-state index contributed by atoms with van der Waals surface area (Å²) in [6, 6.07) is 10.7. The molecule has 1 N–H and O–H groups in total. The number of carbonyl (C=O) groups is 1. The fourth-order valence-corrected chi connectivity index (χ4v) is 2.95. The fraction of sp³-hybridized carbons (Fsp3) is 0.409. The summed E-state index contributed by atoms with van der Waals surface area (Å²) in [6.07, 6.45) is 0.611. The van der Waals surface area contributed by atoms with Crippen LogP contribution < -0.4 is 4.74 Å². The molecule has 0 aromatic heterocycles. The van der Waals surface area contributed by atoms with Crippen molar-refractivity contribution in [3.63, 3.8) is 0 Å². The van der Waals surface area contributed by atoms with Crippen LogP contribution in [0.3, 0.4) is 0 Å². The van der Waals surface area contributed by atoms with Crippen LogP contribution in [0.4, 0.5) is 0 Å². The molecule has 1 aliphatic rings. The number of ether oxygens (including phenoxy) is 4. The first kappa shape index (κ1) is 26.6. The van der Waals surface area contributed by atoms with E-state index in [1.165, 1.54) is 6.07 Å². The van der Waals surface area contributed by atoms with Gasteiger partial charge in [0.2, 0.25) is 5.79 Å². The monoisotopic (exact) mass is 546 g/mol. The number of phenolic OH excluding ortho intramolecular Hbond substituents is 1. The SMILES string of the molecule is CC1(C)OCc2c(Br)cccc2O1.COC(C)(C)OC.O=Cc1c(O)cccc1Br. The highest BCUT2D eigenvalue weighted by molar-refractivity contribution is 9.10. The summed E-state index contributed by atoms with van der Waals surface area (Å²) in [4.78, 5) is 10.3. The maximum absolute atomic E-state index is 10.3. The summed E-state index contributed by atoms with van der Waals surface area (Å²) in [6.45, 7) is 8.14. The second-order valence-corrected chi connectivity index (χ2v) is 8.81. The largest absolute Gasteiger partial charge is 0.507 e. The number of aldehydes is 1. The van der Waals surface area contributed by atoms with Gasteiger partial charge in [0.1, 0.15) is 11.5 Å². The van der Waals surface area contributed by atoms with Crippen molar-refractivity contribution >= 4 is 38.1 Å². The van der Waals surface area contributed by atoms with E-state index >= 15 is 0 Å². The van der Waals surface area contributed by atoms with Crippen molar-refractivity contribution < 1.29 is 28.8 Å². The fourth-order valence-electron chi connectivity index (χ4n) is 2.04. The molecule has 166 valence electrons. The van der Waals surface area contributed by atoms with Gasteiger partial charge in [-0.15, -0.1) is 0 Å². The Bertz CT molecular complexity index is 810. The summed E-state index contributed by atoms with van der Waals surface area (Å²) < 4.78 is 22.6. The van der Waals surface area contributed by atoms with E-state index in [1.807, 2.05) is 45.9 Å². The number of carbonyl (C=O) groups excluding carboxylic acids is 1. The van der Waals surface area contributed by atoms with Crippen LogP contribution in [0.1, 0.15) is 43.6 Å². The van der Waals surface area contributed by atoms with Gasteiger partial charge in [0.25, 0.3) is 0 Å². The minimum absolute atomic E-state index is 0.00405. The normalized spacial score (nSPS) is 14.1. The molecule has 2 aromatic carbocycles. The number of rotatable bonds is 3. The molecule has 0 saturated heterocycles. The topological polar surface area (TPSA) is 74.2 Å². The molecular weight excluding hydrogens is 520 g/mol. The number of phenols is 1. The lowest BCUT2D eigenvalue weighted by Crippen LogP contribution is -2.35. The zero-order chi connectivity index (χ0) is 22.9. The molecule has 0 atom stereocenters. The van der Waals surface area contributed by atoms with Crippen LogP contribution in [-0.4, -0.2) is 37.2 Å². The Hall–Kier alpha value is -1.45. The van der Waals surface area contributed by atoms with Gasteiger partial charge in [0.05, 0.1) is 12.2 Å². The molecule has 8 heteroatoms. The van der Waals surface area contributed by atoms with Crippen molar-refractivity contribution in [3.8, 4) is 11.5 Å². The average molecular weight is 548 g/mol. The summed E-state index contributed by atoms with van der Waals surface area (Å²) >= 11 is 6.58. The van der Waals surface area contributed by atoms with Gasteiger partial charge >= 0.3 is 0 Å². The molecule has 0 aliphatic carbocycles. The number of halogens is 2. The number of fused-ring (bicyclic) bond motifs is 1. The first-order chi connectivity index (χ1) is 14.0. The number of aromatic hydroxyl groups is 1. The Morgan fingerprint density at radius 1 is 1.07 bits per heavy atom. The van der Waals surface area contributed by atoms with Gasteiger partial charge in [0.15, 0.2) is 12.1 Å². The third-order valence-corrected chi connectivity index (χ3v) is 5.56. The predicted molar refractivity (Wildman–Crippen MR) is 123 cm³/mol. The van der Waals surface area contributed by atoms with Crippen LogP contribution >= 0.6 is 31.9 Å². The lowest BCUT2D eigenvalue weighted by Gasteiger charge is -2.32. The minimum Gasteiger partial charge on any atom is -0.507 e. The first-order valence-electron chi connectivity index (χ1n) is 9.09. The molecule has 0 spiro atoms. The third kappa shape index (κ3) is 8.35. The predicted octanol–water partition coefficient (Wildman–Crippen LogP) is 6.08. The van der Waals surface area contributed by atoms with Gasteiger partial charge in [0, 0.05) is 42.6 Å². The maximum atomic E-state index is 10.3. The van der Waals surface area contributed by atoms with Crippen LogP contribution in [0.15, 0.2) is 45.3 Å². The van der Waals surface area contributed by atoms with Gasteiger partial charge in [-0.1, -0.05) is 28.1 Å². The minimum atomic E-state index is -0.506. The van der Waals surface area contributed by atoms with E-state index in [1.54, 1.807) is 26.4 Å². The number of hydrogen-bond acceptors (Lipinski definition) is 6. The molecule has 6 nitrogen and oxygen atoms in total. The summed E-state index contributed by atoms with van der Waals surface area (Å²) in [5.74, 6) is -0.0108. The molecule has 1 aliphatic heterocycles. The molecule has 0 fully saturated rings. The second kappa shape index (κ2) is 11.8. The molecular formula is C22H28Br2O6. The van der Waals surface area contributed by atoms with E-state index in [2.05, 4.69) is 31.9 Å². The van der Waals surface area contributed by atoms with Crippen molar-refractivity contribution in [3.05, 3.63) is 56.5 Å². The second-order valence-electron chi connectivity index (χ2n) is 7.11. The Kier molecular flexibility index (Phi) is 10.5. The van der Waals surface area contributed by atoms with Crippen molar-refractivity contribution in [1.82, 2.24) is 0 Å². The van der Waals surface area contributed by atoms with Crippen LogP contribution in [0.25, 0.3) is 0 Å². The Morgan fingerprint density at radius 3 is 2.10 bits per heavy atom. The molecule has 0 bridgehead atoms. The van der Waals surface area contributed by atoms with Crippen molar-refractivity contribution in [1.29, 1.82) is 0 Å². The highest BCUT2D eigenvalue weighted by atomic mass is 79.9. The van der Waals surface area contributed by atoms with Gasteiger partial charge < -0.3 is 24.1 Å². The van der Waals surface area contributed by atoms with Gasteiger partial charge in [-0.3, -0.25) is 4.79 Å². The Morgan fingerprint density at radius 2 is 1.63 bits per heavy atom. The highest BCUT2D eigenvalue weighted by Crippen LogP contribution is 2.35. The zero-order valence-electron chi connectivity index (χ0n) is 18.0. The van der Waals surface area contributed by atoms with E-state index in [0.717, 1.165) is 15.8 Å². The van der Waals surface area contributed by atoms with Gasteiger partial charge in [-0.25, -0.2) is 0 Å². The highest BCUT2D eigenvalue weighted by Gasteiger charge is 2.27. The average Bonchev–Trinajstić information content (AvgIpc) is 2.68. The van der Waals surface area contributed by atoms with Crippen molar-refractivity contribution in [2.24, 2.45) is 0 Å². The van der Waals surface area contributed by atoms with Gasteiger partial charge in [-0.05, 0) is 54.0 Å². The molecule has 30 heavy (non-hydrogen) atoms. The van der Waals surface area contributed by atoms with E-state index in [9.17, 15) is 4.79 Å². The van der Waals surface area contributed by atoms with Crippen molar-refractivity contribution in [2.45, 2.75) is 45.9 Å². The number of hydrogen-bond donors (Lipinski definition) is 1. The van der Waals surface area contributed by atoms with Crippen LogP contribution in [0, 0.1) is 0 Å². The Labute approximate surface area is 194 Å². The zero-order valence-corrected chi connectivity index (χ0v) is 21.2. The first-order valence-corrected chi connectivity index (χ1v) is 10.7.